The summed E-state index contributed by atoms with van der Waals surface area (Å²) in [5.74, 6) is -1.47. The van der Waals surface area contributed by atoms with Crippen molar-refractivity contribution in [3.63, 3.8) is 0 Å². The summed E-state index contributed by atoms with van der Waals surface area (Å²) in [7, 11) is 0. The zero-order chi connectivity index (χ0) is 24.4. The van der Waals surface area contributed by atoms with E-state index in [1.54, 1.807) is 0 Å². The van der Waals surface area contributed by atoms with E-state index in [4.69, 9.17) is 9.84 Å². The van der Waals surface area contributed by atoms with Crippen LogP contribution in [0.5, 0.6) is 0 Å². The maximum atomic E-state index is 12.9. The number of carboxylic acids is 1. The molecule has 184 valence electrons. The number of fused-ring (bicyclic) bond motifs is 3. The van der Waals surface area contributed by atoms with Crippen LogP contribution in [0.25, 0.3) is 11.1 Å². The van der Waals surface area contributed by atoms with Crippen molar-refractivity contribution in [2.45, 2.75) is 56.1 Å². The van der Waals surface area contributed by atoms with Crippen LogP contribution in [0.1, 0.15) is 49.1 Å². The van der Waals surface area contributed by atoms with Gasteiger partial charge in [0.05, 0.1) is 0 Å². The molecule has 0 bridgehead atoms. The molecule has 2 fully saturated rings. The fraction of sp³-hybridized carbons (Fsp3) is 0.444. The smallest absolute Gasteiger partial charge is 0.407 e. The highest BCUT2D eigenvalue weighted by molar-refractivity contribution is 5.86. The summed E-state index contributed by atoms with van der Waals surface area (Å²) in [4.78, 5) is 39.2. The van der Waals surface area contributed by atoms with Crippen LogP contribution >= 0.6 is 0 Å². The molecule has 2 aromatic carbocycles. The monoisotopic (exact) mass is 477 g/mol. The van der Waals surface area contributed by atoms with E-state index >= 15 is 0 Å². The minimum atomic E-state index is -1.02. The molecule has 2 aromatic rings. The van der Waals surface area contributed by atoms with E-state index in [1.165, 1.54) is 12.8 Å². The molecule has 8 nitrogen and oxygen atoms in total. The Morgan fingerprint density at radius 1 is 1.00 bits per heavy atom. The van der Waals surface area contributed by atoms with Gasteiger partial charge in [-0.3, -0.25) is 14.5 Å². The van der Waals surface area contributed by atoms with Gasteiger partial charge in [0, 0.05) is 37.5 Å². The second kappa shape index (κ2) is 10.1. The standard InChI is InChI=1S/C27H31N3O5/c31-25(32)12-11-24(26(33)28-17-13-14-30(15-17)18-9-10-18)29-27(34)35-16-23-21-7-3-1-5-19(21)20-6-2-4-8-22(20)23/h1-8,17-18,23-24H,9-16H2,(H,28,33)(H,29,34)(H,31,32). The van der Waals surface area contributed by atoms with Crippen LogP contribution in [0.3, 0.4) is 0 Å². The van der Waals surface area contributed by atoms with E-state index in [0.29, 0.717) is 6.04 Å². The molecule has 35 heavy (non-hydrogen) atoms. The molecule has 8 heteroatoms. The number of carboxylic acid groups (broad SMARTS) is 1. The van der Waals surface area contributed by atoms with Gasteiger partial charge in [0.2, 0.25) is 5.91 Å². The Hall–Kier alpha value is -3.39. The number of carbonyl (C=O) groups is 3. The second-order valence-electron chi connectivity index (χ2n) is 9.68. The van der Waals surface area contributed by atoms with Gasteiger partial charge in [0.25, 0.3) is 0 Å². The first-order valence-corrected chi connectivity index (χ1v) is 12.4. The number of aliphatic carboxylic acids is 1. The van der Waals surface area contributed by atoms with Crippen molar-refractivity contribution in [2.75, 3.05) is 19.7 Å². The molecule has 2 amide bonds. The molecule has 2 atom stereocenters. The van der Waals surface area contributed by atoms with Crippen LogP contribution in [0.4, 0.5) is 4.79 Å². The van der Waals surface area contributed by atoms with Crippen molar-refractivity contribution < 1.29 is 24.2 Å². The van der Waals surface area contributed by atoms with Crippen LogP contribution in [0.15, 0.2) is 48.5 Å². The molecule has 2 unspecified atom stereocenters. The number of nitrogens with one attached hydrogen (secondary N) is 2. The lowest BCUT2D eigenvalue weighted by Crippen LogP contribution is -2.50. The van der Waals surface area contributed by atoms with Gasteiger partial charge in [-0.05, 0) is 47.9 Å². The summed E-state index contributed by atoms with van der Waals surface area (Å²) in [5, 5.41) is 14.7. The number of alkyl carbamates (subject to hydrolysis) is 1. The van der Waals surface area contributed by atoms with Gasteiger partial charge in [-0.25, -0.2) is 4.79 Å². The number of amides is 2. The molecule has 5 rings (SSSR count). The topological polar surface area (TPSA) is 108 Å². The lowest BCUT2D eigenvalue weighted by atomic mass is 9.98. The number of likely N-dealkylation sites (tertiary alicyclic amines) is 1. The molecule has 0 spiro atoms. The van der Waals surface area contributed by atoms with Gasteiger partial charge < -0.3 is 20.5 Å². The first kappa shape index (κ1) is 23.4. The average molecular weight is 478 g/mol. The zero-order valence-corrected chi connectivity index (χ0v) is 19.6. The van der Waals surface area contributed by atoms with E-state index in [1.807, 2.05) is 36.4 Å². The largest absolute Gasteiger partial charge is 0.481 e. The maximum absolute atomic E-state index is 12.9. The summed E-state index contributed by atoms with van der Waals surface area (Å²) < 4.78 is 5.57. The van der Waals surface area contributed by atoms with Crippen molar-refractivity contribution in [1.82, 2.24) is 15.5 Å². The Bertz CT molecular complexity index is 1070. The SMILES string of the molecule is O=C(O)CCC(NC(=O)OCC1c2ccccc2-c2ccccc21)C(=O)NC1CCN(C2CC2)C1. The Kier molecular flexibility index (Phi) is 6.72. The number of rotatable bonds is 9. The predicted molar refractivity (Wildman–Crippen MR) is 130 cm³/mol. The fourth-order valence-electron chi connectivity index (χ4n) is 5.30. The van der Waals surface area contributed by atoms with Crippen LogP contribution in [0, 0.1) is 0 Å². The van der Waals surface area contributed by atoms with Crippen molar-refractivity contribution in [3.05, 3.63) is 59.7 Å². The van der Waals surface area contributed by atoms with Gasteiger partial charge in [0.1, 0.15) is 12.6 Å². The van der Waals surface area contributed by atoms with Crippen LogP contribution < -0.4 is 10.6 Å². The van der Waals surface area contributed by atoms with E-state index in [9.17, 15) is 14.4 Å². The van der Waals surface area contributed by atoms with E-state index in [-0.39, 0.29) is 37.3 Å². The van der Waals surface area contributed by atoms with Crippen molar-refractivity contribution in [3.8, 4) is 11.1 Å². The van der Waals surface area contributed by atoms with Crippen LogP contribution in [-0.2, 0) is 14.3 Å². The first-order chi connectivity index (χ1) is 17.0. The lowest BCUT2D eigenvalue weighted by Gasteiger charge is -2.22. The average Bonchev–Trinajstić information content (AvgIpc) is 3.52. The molecule has 3 N–H and O–H groups in total. The Morgan fingerprint density at radius 2 is 1.66 bits per heavy atom. The molecule has 1 saturated heterocycles. The predicted octanol–water partition coefficient (Wildman–Crippen LogP) is 3.11. The second-order valence-corrected chi connectivity index (χ2v) is 9.68. The number of nitrogens with zero attached hydrogens (tertiary/aromatic N) is 1. The normalized spacial score (nSPS) is 20.1. The van der Waals surface area contributed by atoms with Crippen molar-refractivity contribution >= 4 is 18.0 Å². The minimum Gasteiger partial charge on any atom is -0.481 e. The summed E-state index contributed by atoms with van der Waals surface area (Å²) in [6, 6.07) is 15.8. The van der Waals surface area contributed by atoms with Gasteiger partial charge in [-0.15, -0.1) is 0 Å². The molecular weight excluding hydrogens is 446 g/mol. The Labute approximate surface area is 204 Å². The third-order valence-electron chi connectivity index (χ3n) is 7.23. The fourth-order valence-corrected chi connectivity index (χ4v) is 5.30. The number of hydrogen-bond donors (Lipinski definition) is 3. The van der Waals surface area contributed by atoms with Gasteiger partial charge in [0.15, 0.2) is 0 Å². The summed E-state index contributed by atoms with van der Waals surface area (Å²) >= 11 is 0. The molecule has 0 aromatic heterocycles. The van der Waals surface area contributed by atoms with Crippen LogP contribution in [0.2, 0.25) is 0 Å². The molecule has 3 aliphatic rings. The first-order valence-electron chi connectivity index (χ1n) is 12.4. The van der Waals surface area contributed by atoms with Crippen molar-refractivity contribution in [1.29, 1.82) is 0 Å². The lowest BCUT2D eigenvalue weighted by molar-refractivity contribution is -0.137. The third kappa shape index (κ3) is 5.32. The number of ether oxygens (including phenoxy) is 1. The van der Waals surface area contributed by atoms with Gasteiger partial charge in [-0.2, -0.15) is 0 Å². The maximum Gasteiger partial charge on any atom is 0.407 e. The highest BCUT2D eigenvalue weighted by Gasteiger charge is 2.36. The third-order valence-corrected chi connectivity index (χ3v) is 7.23. The van der Waals surface area contributed by atoms with Crippen molar-refractivity contribution in [2.24, 2.45) is 0 Å². The van der Waals surface area contributed by atoms with Crippen LogP contribution in [-0.4, -0.2) is 65.8 Å². The molecule has 1 aliphatic heterocycles. The number of hydrogen-bond acceptors (Lipinski definition) is 5. The highest BCUT2D eigenvalue weighted by atomic mass is 16.5. The molecule has 1 saturated carbocycles. The van der Waals surface area contributed by atoms with E-state index < -0.39 is 18.1 Å². The molecule has 0 radical (unpaired) electrons. The van der Waals surface area contributed by atoms with E-state index in [2.05, 4.69) is 27.7 Å². The minimum absolute atomic E-state index is 0.00439. The Balaban J connectivity index is 1.20. The van der Waals surface area contributed by atoms with E-state index in [0.717, 1.165) is 41.8 Å². The molecular formula is C27H31N3O5. The molecule has 1 heterocycles. The Morgan fingerprint density at radius 3 is 2.29 bits per heavy atom. The number of benzene rings is 2. The summed E-state index contributed by atoms with van der Waals surface area (Å²) in [6.07, 6.45) is 2.35. The zero-order valence-electron chi connectivity index (χ0n) is 19.6. The van der Waals surface area contributed by atoms with Gasteiger partial charge in [-0.1, -0.05) is 48.5 Å². The van der Waals surface area contributed by atoms with Gasteiger partial charge >= 0.3 is 12.1 Å². The number of carbonyl (C=O) groups excluding carboxylic acids is 2. The molecule has 2 aliphatic carbocycles. The summed E-state index contributed by atoms with van der Waals surface area (Å²) in [6.45, 7) is 1.88. The quantitative estimate of drug-likeness (QED) is 0.512. The summed E-state index contributed by atoms with van der Waals surface area (Å²) in [5.41, 5.74) is 4.46. The highest BCUT2D eigenvalue weighted by Crippen LogP contribution is 2.44.